The molecule has 4 heteroatoms. The number of anilines is 2. The van der Waals surface area contributed by atoms with Gasteiger partial charge >= 0.3 is 0 Å². The number of Topliss-reactive ketones (excluding diaryl/α,β-unsaturated/α-hetero) is 1. The van der Waals surface area contributed by atoms with Crippen molar-refractivity contribution in [1.29, 1.82) is 0 Å². The highest BCUT2D eigenvalue weighted by Gasteiger charge is 2.22. The van der Waals surface area contributed by atoms with Crippen molar-refractivity contribution in [1.82, 2.24) is 4.98 Å². The Bertz CT molecular complexity index is 577. The summed E-state index contributed by atoms with van der Waals surface area (Å²) >= 11 is 0. The predicted octanol–water partition coefficient (Wildman–Crippen LogP) is 2.15. The molecule has 1 aliphatic heterocycles. The first kappa shape index (κ1) is 11.8. The lowest BCUT2D eigenvalue weighted by atomic mass is 10.1. The zero-order chi connectivity index (χ0) is 13.2. The Labute approximate surface area is 112 Å². The Kier molecular flexibility index (Phi) is 2.99. The summed E-state index contributed by atoms with van der Waals surface area (Å²) in [5, 5.41) is 0. The second kappa shape index (κ2) is 4.80. The molecule has 0 atom stereocenters. The van der Waals surface area contributed by atoms with Crippen molar-refractivity contribution in [3.63, 3.8) is 0 Å². The number of likely N-dealkylation sites (N-methyl/N-ethyl adjacent to an activating group) is 1. The second-order valence-electron chi connectivity index (χ2n) is 4.84. The standard InChI is InChI=1S/C15H17N3O/c1-17-9-10-18(14-7-3-2-6-13(14)17)11-15(19)12-5-4-8-16-12/h2-8,16H,9-11H2,1H3. The number of aromatic nitrogens is 1. The number of H-pyrrole nitrogens is 1. The Morgan fingerprint density at radius 1 is 1.16 bits per heavy atom. The summed E-state index contributed by atoms with van der Waals surface area (Å²) in [6.07, 6.45) is 1.78. The topological polar surface area (TPSA) is 39.3 Å². The number of ketones is 1. The van der Waals surface area contributed by atoms with Gasteiger partial charge in [-0.15, -0.1) is 0 Å². The highest BCUT2D eigenvalue weighted by molar-refractivity contribution is 5.98. The van der Waals surface area contributed by atoms with E-state index in [2.05, 4.69) is 34.0 Å². The molecular formula is C15H17N3O. The van der Waals surface area contributed by atoms with Crippen LogP contribution in [-0.4, -0.2) is 37.4 Å². The summed E-state index contributed by atoms with van der Waals surface area (Å²) < 4.78 is 0. The van der Waals surface area contributed by atoms with Crippen LogP contribution in [0.5, 0.6) is 0 Å². The van der Waals surface area contributed by atoms with E-state index < -0.39 is 0 Å². The molecule has 0 saturated carbocycles. The number of carbonyl (C=O) groups excluding carboxylic acids is 1. The fraction of sp³-hybridized carbons (Fsp3) is 0.267. The van der Waals surface area contributed by atoms with Gasteiger partial charge in [0, 0.05) is 26.3 Å². The first-order valence-corrected chi connectivity index (χ1v) is 6.47. The van der Waals surface area contributed by atoms with Crippen molar-refractivity contribution in [2.24, 2.45) is 0 Å². The number of carbonyl (C=O) groups is 1. The average Bonchev–Trinajstić information content (AvgIpc) is 2.96. The average molecular weight is 255 g/mol. The maximum absolute atomic E-state index is 12.2. The normalized spacial score (nSPS) is 14.4. The molecule has 0 aliphatic carbocycles. The number of benzene rings is 1. The van der Waals surface area contributed by atoms with Crippen molar-refractivity contribution in [3.8, 4) is 0 Å². The van der Waals surface area contributed by atoms with Gasteiger partial charge < -0.3 is 14.8 Å². The van der Waals surface area contributed by atoms with Gasteiger partial charge in [0.1, 0.15) is 0 Å². The third-order valence-electron chi connectivity index (χ3n) is 3.57. The number of hydrogen-bond acceptors (Lipinski definition) is 3. The number of para-hydroxylation sites is 2. The van der Waals surface area contributed by atoms with Crippen LogP contribution in [0.15, 0.2) is 42.6 Å². The summed E-state index contributed by atoms with van der Waals surface area (Å²) in [5.41, 5.74) is 3.00. The number of nitrogens with one attached hydrogen (secondary N) is 1. The van der Waals surface area contributed by atoms with Gasteiger partial charge in [0.25, 0.3) is 0 Å². The number of hydrogen-bond donors (Lipinski definition) is 1. The van der Waals surface area contributed by atoms with Crippen molar-refractivity contribution in [3.05, 3.63) is 48.3 Å². The van der Waals surface area contributed by atoms with E-state index in [0.717, 1.165) is 18.8 Å². The predicted molar refractivity (Wildman–Crippen MR) is 77.0 cm³/mol. The molecule has 3 rings (SSSR count). The summed E-state index contributed by atoms with van der Waals surface area (Å²) in [5.74, 6) is 0.129. The van der Waals surface area contributed by atoms with Crippen molar-refractivity contribution in [2.45, 2.75) is 0 Å². The van der Waals surface area contributed by atoms with E-state index in [0.29, 0.717) is 12.2 Å². The number of rotatable bonds is 3. The van der Waals surface area contributed by atoms with Crippen LogP contribution in [0.4, 0.5) is 11.4 Å². The molecule has 0 unspecified atom stereocenters. The first-order chi connectivity index (χ1) is 9.25. The lowest BCUT2D eigenvalue weighted by Gasteiger charge is -2.36. The molecule has 0 radical (unpaired) electrons. The fourth-order valence-corrected chi connectivity index (χ4v) is 2.49. The van der Waals surface area contributed by atoms with E-state index >= 15 is 0 Å². The summed E-state index contributed by atoms with van der Waals surface area (Å²) in [6.45, 7) is 2.24. The lowest BCUT2D eigenvalue weighted by Crippen LogP contribution is -2.41. The van der Waals surface area contributed by atoms with Gasteiger partial charge in [-0.05, 0) is 24.3 Å². The Morgan fingerprint density at radius 3 is 2.68 bits per heavy atom. The van der Waals surface area contributed by atoms with Crippen molar-refractivity contribution in [2.75, 3.05) is 36.5 Å². The molecule has 98 valence electrons. The minimum atomic E-state index is 0.129. The summed E-state index contributed by atoms with van der Waals surface area (Å²) in [6, 6.07) is 11.9. The maximum Gasteiger partial charge on any atom is 0.198 e. The lowest BCUT2D eigenvalue weighted by molar-refractivity contribution is 0.0995. The number of aromatic amines is 1. The molecule has 1 aromatic carbocycles. The molecule has 1 aromatic heterocycles. The van der Waals surface area contributed by atoms with Gasteiger partial charge in [0.2, 0.25) is 0 Å². The van der Waals surface area contributed by atoms with Crippen LogP contribution in [-0.2, 0) is 0 Å². The van der Waals surface area contributed by atoms with Gasteiger partial charge in [-0.2, -0.15) is 0 Å². The quantitative estimate of drug-likeness (QED) is 0.854. The molecular weight excluding hydrogens is 238 g/mol. The zero-order valence-electron chi connectivity index (χ0n) is 11.0. The van der Waals surface area contributed by atoms with Gasteiger partial charge in [0.15, 0.2) is 5.78 Å². The molecule has 4 nitrogen and oxygen atoms in total. The highest BCUT2D eigenvalue weighted by Crippen LogP contribution is 2.31. The minimum Gasteiger partial charge on any atom is -0.371 e. The van der Waals surface area contributed by atoms with Crippen LogP contribution in [0.2, 0.25) is 0 Å². The fourth-order valence-electron chi connectivity index (χ4n) is 2.49. The van der Waals surface area contributed by atoms with Crippen molar-refractivity contribution >= 4 is 17.2 Å². The SMILES string of the molecule is CN1CCN(CC(=O)c2ccc[nH]2)c2ccccc21. The van der Waals surface area contributed by atoms with E-state index in [-0.39, 0.29) is 5.78 Å². The van der Waals surface area contributed by atoms with Crippen LogP contribution < -0.4 is 9.80 Å². The molecule has 2 heterocycles. The van der Waals surface area contributed by atoms with Crippen LogP contribution in [0.3, 0.4) is 0 Å². The molecule has 0 fully saturated rings. The molecule has 0 saturated heterocycles. The third-order valence-corrected chi connectivity index (χ3v) is 3.57. The van der Waals surface area contributed by atoms with Gasteiger partial charge in [-0.3, -0.25) is 4.79 Å². The van der Waals surface area contributed by atoms with E-state index in [1.165, 1.54) is 5.69 Å². The van der Waals surface area contributed by atoms with Gasteiger partial charge in [-0.1, -0.05) is 12.1 Å². The number of nitrogens with zero attached hydrogens (tertiary/aromatic N) is 2. The summed E-state index contributed by atoms with van der Waals surface area (Å²) in [4.78, 5) is 19.5. The smallest absolute Gasteiger partial charge is 0.198 e. The number of fused-ring (bicyclic) bond motifs is 1. The zero-order valence-corrected chi connectivity index (χ0v) is 11.0. The molecule has 0 bridgehead atoms. The Hall–Kier alpha value is -2.23. The van der Waals surface area contributed by atoms with Crippen LogP contribution in [0.25, 0.3) is 0 Å². The molecule has 2 aromatic rings. The van der Waals surface area contributed by atoms with Crippen LogP contribution in [0.1, 0.15) is 10.5 Å². The van der Waals surface area contributed by atoms with E-state index in [1.807, 2.05) is 24.3 Å². The molecule has 1 aliphatic rings. The second-order valence-corrected chi connectivity index (χ2v) is 4.84. The van der Waals surface area contributed by atoms with Gasteiger partial charge in [-0.25, -0.2) is 0 Å². The minimum absolute atomic E-state index is 0.129. The molecule has 1 N–H and O–H groups in total. The highest BCUT2D eigenvalue weighted by atomic mass is 16.1. The van der Waals surface area contributed by atoms with E-state index in [4.69, 9.17) is 0 Å². The molecule has 0 spiro atoms. The molecule has 0 amide bonds. The Morgan fingerprint density at radius 2 is 1.95 bits per heavy atom. The van der Waals surface area contributed by atoms with Crippen molar-refractivity contribution < 1.29 is 4.79 Å². The van der Waals surface area contributed by atoms with E-state index in [9.17, 15) is 4.79 Å². The monoisotopic (exact) mass is 255 g/mol. The maximum atomic E-state index is 12.2. The Balaban J connectivity index is 1.83. The van der Waals surface area contributed by atoms with E-state index in [1.54, 1.807) is 6.20 Å². The van der Waals surface area contributed by atoms with Gasteiger partial charge in [0.05, 0.1) is 23.6 Å². The van der Waals surface area contributed by atoms with Crippen LogP contribution >= 0.6 is 0 Å². The van der Waals surface area contributed by atoms with Crippen LogP contribution in [0, 0.1) is 0 Å². The summed E-state index contributed by atoms with van der Waals surface area (Å²) in [7, 11) is 2.09. The molecule has 19 heavy (non-hydrogen) atoms. The first-order valence-electron chi connectivity index (χ1n) is 6.47. The largest absolute Gasteiger partial charge is 0.371 e. The third kappa shape index (κ3) is 2.21.